The number of H-pyrrole nitrogens is 1. The van der Waals surface area contributed by atoms with Gasteiger partial charge in [0.05, 0.1) is 5.52 Å². The first-order chi connectivity index (χ1) is 17.6. The molecule has 5 rings (SSSR count). The van der Waals surface area contributed by atoms with Gasteiger partial charge in [-0.15, -0.1) is 11.8 Å². The quantitative estimate of drug-likeness (QED) is 0.350. The maximum Gasteiger partial charge on any atom is 0.327 e. The van der Waals surface area contributed by atoms with Gasteiger partial charge in [-0.2, -0.15) is 0 Å². The fourth-order valence-electron chi connectivity index (χ4n) is 4.75. The fourth-order valence-corrected chi connectivity index (χ4v) is 6.38. The normalized spacial score (nSPS) is 22.6. The summed E-state index contributed by atoms with van der Waals surface area (Å²) < 4.78 is -0.746. The number of carbonyl (C=O) groups excluding carboxylic acids is 3. The van der Waals surface area contributed by atoms with E-state index in [1.165, 1.54) is 29.1 Å². The lowest BCUT2D eigenvalue weighted by Gasteiger charge is -2.44. The summed E-state index contributed by atoms with van der Waals surface area (Å²) in [4.78, 5) is 72.2. The number of amides is 3. The summed E-state index contributed by atoms with van der Waals surface area (Å²) in [7, 11) is 0. The number of nitrogens with zero attached hydrogens (tertiary/aromatic N) is 2. The van der Waals surface area contributed by atoms with Gasteiger partial charge in [-0.05, 0) is 31.5 Å². The molecule has 2 aromatic heterocycles. The Kier molecular flexibility index (Phi) is 5.98. The maximum absolute atomic E-state index is 13.4. The number of aromatic amines is 1. The van der Waals surface area contributed by atoms with Gasteiger partial charge in [0.2, 0.25) is 17.2 Å². The Labute approximate surface area is 214 Å². The highest BCUT2D eigenvalue weighted by Gasteiger charge is 2.64. The number of carboxylic acid groups (broad SMARTS) is 1. The number of aromatic nitrogens is 2. The number of carbonyl (C=O) groups is 4. The molecule has 1 aromatic carbocycles. The number of rotatable bonds is 6. The van der Waals surface area contributed by atoms with E-state index in [0.717, 1.165) is 0 Å². The van der Waals surface area contributed by atoms with Crippen molar-refractivity contribution in [1.82, 2.24) is 25.5 Å². The second kappa shape index (κ2) is 9.04. The van der Waals surface area contributed by atoms with Crippen molar-refractivity contribution in [3.63, 3.8) is 0 Å². The Morgan fingerprint density at radius 1 is 1.14 bits per heavy atom. The number of hydrogen-bond donors (Lipinski definition) is 4. The van der Waals surface area contributed by atoms with Gasteiger partial charge in [-0.25, -0.2) is 4.79 Å². The van der Waals surface area contributed by atoms with Crippen LogP contribution in [0, 0.1) is 0 Å². The number of β-lactam (4-membered cyclic amide) rings is 1. The number of nitrogens with one attached hydrogen (secondary N) is 3. The topological polar surface area (TPSA) is 162 Å². The zero-order valence-electron chi connectivity index (χ0n) is 19.8. The van der Waals surface area contributed by atoms with Gasteiger partial charge in [0, 0.05) is 17.1 Å². The molecule has 0 saturated carbocycles. The van der Waals surface area contributed by atoms with E-state index in [9.17, 15) is 29.1 Å². The van der Waals surface area contributed by atoms with Crippen LogP contribution in [0.15, 0.2) is 59.7 Å². The summed E-state index contributed by atoms with van der Waals surface area (Å²) in [6, 6.07) is 8.54. The lowest BCUT2D eigenvalue weighted by molar-refractivity contribution is -0.161. The summed E-state index contributed by atoms with van der Waals surface area (Å²) in [5.41, 5.74) is 0.183. The molecule has 0 spiro atoms. The molecule has 0 radical (unpaired) electrons. The molecular weight excluding hydrogens is 498 g/mol. The predicted molar refractivity (Wildman–Crippen MR) is 135 cm³/mol. The van der Waals surface area contributed by atoms with Gasteiger partial charge in [0.1, 0.15) is 34.6 Å². The van der Waals surface area contributed by atoms with Crippen molar-refractivity contribution in [1.29, 1.82) is 0 Å². The molecule has 2 aliphatic rings. The third-order valence-corrected chi connectivity index (χ3v) is 8.10. The zero-order valence-corrected chi connectivity index (χ0v) is 20.6. The predicted octanol–water partition coefficient (Wildman–Crippen LogP) is 1.03. The summed E-state index contributed by atoms with van der Waals surface area (Å²) in [5.74, 6) is -3.06. The van der Waals surface area contributed by atoms with Crippen LogP contribution < -0.4 is 16.1 Å². The van der Waals surface area contributed by atoms with Crippen molar-refractivity contribution in [3.8, 4) is 0 Å². The Balaban J connectivity index is 1.40. The molecule has 4 N–H and O–H groups in total. The average Bonchev–Trinajstić information content (AvgIpc) is 3.14. The highest BCUT2D eigenvalue weighted by molar-refractivity contribution is 8.01. The van der Waals surface area contributed by atoms with E-state index >= 15 is 0 Å². The number of hydrogen-bond acceptors (Lipinski definition) is 7. The molecule has 4 atom stereocenters. The number of pyridine rings is 2. The Morgan fingerprint density at radius 3 is 2.57 bits per heavy atom. The molecule has 11 nitrogen and oxygen atoms in total. The number of carboxylic acids is 1. The molecule has 12 heteroatoms. The van der Waals surface area contributed by atoms with Crippen LogP contribution in [0.2, 0.25) is 0 Å². The third-order valence-electron chi connectivity index (χ3n) is 6.53. The van der Waals surface area contributed by atoms with Crippen LogP contribution in [0.25, 0.3) is 11.0 Å². The molecule has 3 amide bonds. The third kappa shape index (κ3) is 4.12. The van der Waals surface area contributed by atoms with E-state index in [4.69, 9.17) is 0 Å². The number of aliphatic carboxylic acids is 1. The van der Waals surface area contributed by atoms with Crippen molar-refractivity contribution < 1.29 is 24.3 Å². The Bertz CT molecular complexity index is 1490. The maximum atomic E-state index is 13.4. The number of fused-ring (bicyclic) bond motifs is 2. The fraction of sp³-hybridized carbons (Fsp3) is 0.280. The summed E-state index contributed by atoms with van der Waals surface area (Å²) >= 11 is 1.30. The number of thioether (sulfide) groups is 1. The molecule has 1 unspecified atom stereocenters. The first kappa shape index (κ1) is 24.5. The standard InChI is InChI=1S/C25H23N5O6S/c1-25(2)19(24(35)36)30-22(34)17(23(30)37-25)29-21(33)15(12-7-4-3-5-8-12)28-20(32)13-11-27-14-9-6-10-26-16(14)18(13)31/h3-11,15,17,19,23H,1-2H3,(H,27,31)(H,28,32)(H,29,33)(H,35,36)/t15-,17?,19+,23-/m1/s1. The SMILES string of the molecule is CC1(C)S[C@@H]2C(NC(=O)[C@H](NC(=O)c3c[nH]c4cccnc4c3=O)c3ccccc3)C(=O)N2[C@H]1C(=O)O. The summed E-state index contributed by atoms with van der Waals surface area (Å²) in [6.45, 7) is 3.48. The van der Waals surface area contributed by atoms with Gasteiger partial charge in [0.15, 0.2) is 0 Å². The average molecular weight is 522 g/mol. The van der Waals surface area contributed by atoms with Crippen LogP contribution in [0.5, 0.6) is 0 Å². The van der Waals surface area contributed by atoms with E-state index < -0.39 is 57.4 Å². The second-order valence-corrected chi connectivity index (χ2v) is 11.1. The summed E-state index contributed by atoms with van der Waals surface area (Å²) in [6.07, 6.45) is 2.70. The molecule has 4 heterocycles. The molecule has 0 aliphatic carbocycles. The minimum absolute atomic E-state index is 0.0878. The lowest BCUT2D eigenvalue weighted by Crippen LogP contribution is -2.71. The van der Waals surface area contributed by atoms with Gasteiger partial charge < -0.3 is 25.6 Å². The zero-order chi connectivity index (χ0) is 26.5. The van der Waals surface area contributed by atoms with Crippen molar-refractivity contribution >= 4 is 46.5 Å². The minimum Gasteiger partial charge on any atom is -0.480 e. The summed E-state index contributed by atoms with van der Waals surface area (Å²) in [5, 5.41) is 14.3. The van der Waals surface area contributed by atoms with Crippen molar-refractivity contribution in [2.24, 2.45) is 0 Å². The van der Waals surface area contributed by atoms with E-state index in [1.807, 2.05) is 0 Å². The molecule has 37 heavy (non-hydrogen) atoms. The van der Waals surface area contributed by atoms with Gasteiger partial charge >= 0.3 is 5.97 Å². The Morgan fingerprint density at radius 2 is 1.86 bits per heavy atom. The van der Waals surface area contributed by atoms with Crippen LogP contribution in [-0.2, 0) is 14.4 Å². The largest absolute Gasteiger partial charge is 0.480 e. The minimum atomic E-state index is -1.22. The highest BCUT2D eigenvalue weighted by atomic mass is 32.2. The first-order valence-corrected chi connectivity index (χ1v) is 12.3. The highest BCUT2D eigenvalue weighted by Crippen LogP contribution is 2.50. The smallest absolute Gasteiger partial charge is 0.327 e. The van der Waals surface area contributed by atoms with Gasteiger partial charge in [-0.3, -0.25) is 24.2 Å². The van der Waals surface area contributed by atoms with Crippen molar-refractivity contribution in [2.75, 3.05) is 0 Å². The molecule has 190 valence electrons. The van der Waals surface area contributed by atoms with Crippen LogP contribution in [0.3, 0.4) is 0 Å². The Hall–Kier alpha value is -4.19. The molecule has 2 aliphatic heterocycles. The van der Waals surface area contributed by atoms with Gasteiger partial charge in [0.25, 0.3) is 5.91 Å². The molecule has 2 saturated heterocycles. The van der Waals surface area contributed by atoms with E-state index in [2.05, 4.69) is 20.6 Å². The monoisotopic (exact) mass is 521 g/mol. The molecular formula is C25H23N5O6S. The van der Waals surface area contributed by atoms with Crippen LogP contribution in [0.4, 0.5) is 0 Å². The first-order valence-electron chi connectivity index (χ1n) is 11.5. The number of benzene rings is 1. The van der Waals surface area contributed by atoms with E-state index in [1.54, 1.807) is 56.3 Å². The van der Waals surface area contributed by atoms with Crippen LogP contribution in [-0.4, -0.2) is 65.9 Å². The van der Waals surface area contributed by atoms with Crippen LogP contribution in [0.1, 0.15) is 35.8 Å². The van der Waals surface area contributed by atoms with Gasteiger partial charge in [-0.1, -0.05) is 30.3 Å². The molecule has 0 bridgehead atoms. The van der Waals surface area contributed by atoms with Crippen LogP contribution >= 0.6 is 11.8 Å². The molecule has 3 aromatic rings. The molecule has 2 fully saturated rings. The van der Waals surface area contributed by atoms with E-state index in [-0.39, 0.29) is 11.1 Å². The lowest BCUT2D eigenvalue weighted by atomic mass is 9.95. The van der Waals surface area contributed by atoms with Crippen molar-refractivity contribution in [3.05, 3.63) is 76.2 Å². The second-order valence-electron chi connectivity index (χ2n) is 9.33. The van der Waals surface area contributed by atoms with Crippen molar-refractivity contribution in [2.45, 2.75) is 42.1 Å². The van der Waals surface area contributed by atoms with E-state index in [0.29, 0.717) is 11.1 Å².